The summed E-state index contributed by atoms with van der Waals surface area (Å²) in [5, 5.41) is 0. The first-order valence-electron chi connectivity index (χ1n) is 5.32. The number of carbonyl (C=O) groups is 1. The van der Waals surface area contributed by atoms with E-state index in [9.17, 15) is 4.79 Å². The first-order valence-corrected chi connectivity index (χ1v) is 5.32. The van der Waals surface area contributed by atoms with Gasteiger partial charge in [0.2, 0.25) is 5.91 Å². The molecule has 0 radical (unpaired) electrons. The number of nitrogens with two attached hydrogens (primary N) is 1. The highest BCUT2D eigenvalue weighted by molar-refractivity contribution is 5.83. The van der Waals surface area contributed by atoms with Crippen LogP contribution < -0.4 is 5.73 Å². The SMILES string of the molecule is NC1CC1C(=O)N1CC2CCC1C2. The summed E-state index contributed by atoms with van der Waals surface area (Å²) in [6.07, 6.45) is 4.75. The zero-order valence-corrected chi connectivity index (χ0v) is 7.78. The maximum atomic E-state index is 11.9. The van der Waals surface area contributed by atoms with E-state index in [1.807, 2.05) is 0 Å². The van der Waals surface area contributed by atoms with Gasteiger partial charge in [-0.3, -0.25) is 4.79 Å². The monoisotopic (exact) mass is 180 g/mol. The van der Waals surface area contributed by atoms with Crippen molar-refractivity contribution in [3.63, 3.8) is 0 Å². The van der Waals surface area contributed by atoms with Crippen LogP contribution in [0.2, 0.25) is 0 Å². The Morgan fingerprint density at radius 3 is 2.54 bits per heavy atom. The summed E-state index contributed by atoms with van der Waals surface area (Å²) in [7, 11) is 0. The van der Waals surface area contributed by atoms with Gasteiger partial charge in [-0.2, -0.15) is 0 Å². The summed E-state index contributed by atoms with van der Waals surface area (Å²) < 4.78 is 0. The minimum absolute atomic E-state index is 0.173. The Balaban J connectivity index is 1.69. The van der Waals surface area contributed by atoms with E-state index in [4.69, 9.17) is 5.73 Å². The lowest BCUT2D eigenvalue weighted by atomic mass is 10.1. The second-order valence-corrected chi connectivity index (χ2v) is 4.83. The van der Waals surface area contributed by atoms with Crippen LogP contribution in [0, 0.1) is 11.8 Å². The molecule has 4 atom stereocenters. The Hall–Kier alpha value is -0.570. The molecule has 2 N–H and O–H groups in total. The fraction of sp³-hybridized carbons (Fsp3) is 0.900. The molecule has 0 aromatic heterocycles. The van der Waals surface area contributed by atoms with Gasteiger partial charge in [0.25, 0.3) is 0 Å². The number of amides is 1. The molecule has 4 unspecified atom stereocenters. The summed E-state index contributed by atoms with van der Waals surface area (Å²) in [4.78, 5) is 14.0. The largest absolute Gasteiger partial charge is 0.339 e. The molecular formula is C10H16N2O. The van der Waals surface area contributed by atoms with Crippen molar-refractivity contribution in [3.8, 4) is 0 Å². The number of likely N-dealkylation sites (tertiary alicyclic amines) is 1. The second-order valence-electron chi connectivity index (χ2n) is 4.83. The Morgan fingerprint density at radius 1 is 1.31 bits per heavy atom. The third-order valence-electron chi connectivity index (χ3n) is 3.85. The van der Waals surface area contributed by atoms with Crippen molar-refractivity contribution in [1.29, 1.82) is 0 Å². The number of fused-ring (bicyclic) bond motifs is 2. The van der Waals surface area contributed by atoms with Crippen molar-refractivity contribution in [2.75, 3.05) is 6.54 Å². The first-order chi connectivity index (χ1) is 6.25. The highest BCUT2D eigenvalue weighted by atomic mass is 16.2. The first kappa shape index (κ1) is 7.80. The molecular weight excluding hydrogens is 164 g/mol. The number of hydrogen-bond acceptors (Lipinski definition) is 2. The van der Waals surface area contributed by atoms with Gasteiger partial charge in [0, 0.05) is 18.6 Å². The highest BCUT2D eigenvalue weighted by Crippen LogP contribution is 2.40. The molecule has 3 rings (SSSR count). The average Bonchev–Trinajstić information content (AvgIpc) is 2.62. The van der Waals surface area contributed by atoms with Crippen molar-refractivity contribution in [1.82, 2.24) is 4.90 Å². The van der Waals surface area contributed by atoms with E-state index < -0.39 is 0 Å². The predicted octanol–water partition coefficient (Wildman–Crippen LogP) is 0.344. The van der Waals surface area contributed by atoms with Gasteiger partial charge in [0.15, 0.2) is 0 Å². The molecule has 0 aromatic carbocycles. The van der Waals surface area contributed by atoms with Crippen LogP contribution in [0.15, 0.2) is 0 Å². The van der Waals surface area contributed by atoms with Crippen LogP contribution in [0.3, 0.4) is 0 Å². The lowest BCUT2D eigenvalue weighted by Crippen LogP contribution is -2.39. The van der Waals surface area contributed by atoms with Crippen molar-refractivity contribution in [2.24, 2.45) is 17.6 Å². The molecule has 2 aliphatic carbocycles. The van der Waals surface area contributed by atoms with Crippen LogP contribution in [-0.4, -0.2) is 29.4 Å². The third kappa shape index (κ3) is 1.10. The summed E-state index contributed by atoms with van der Waals surface area (Å²) in [6.45, 7) is 1.02. The van der Waals surface area contributed by atoms with Gasteiger partial charge in [-0.05, 0) is 31.6 Å². The van der Waals surface area contributed by atoms with E-state index in [0.717, 1.165) is 18.9 Å². The number of hydrogen-bond donors (Lipinski definition) is 1. The van der Waals surface area contributed by atoms with Crippen LogP contribution in [0.25, 0.3) is 0 Å². The third-order valence-corrected chi connectivity index (χ3v) is 3.85. The van der Waals surface area contributed by atoms with Crippen LogP contribution in [0.1, 0.15) is 25.7 Å². The minimum atomic E-state index is 0.173. The van der Waals surface area contributed by atoms with Gasteiger partial charge >= 0.3 is 0 Å². The van der Waals surface area contributed by atoms with Crippen molar-refractivity contribution in [2.45, 2.75) is 37.8 Å². The highest BCUT2D eigenvalue weighted by Gasteiger charge is 2.48. The molecule has 3 heteroatoms. The van der Waals surface area contributed by atoms with Gasteiger partial charge in [0.05, 0.1) is 5.92 Å². The summed E-state index contributed by atoms with van der Waals surface area (Å²) in [5.74, 6) is 1.34. The second kappa shape index (κ2) is 2.47. The van der Waals surface area contributed by atoms with Crippen LogP contribution in [0.5, 0.6) is 0 Å². The fourth-order valence-corrected chi connectivity index (χ4v) is 2.91. The van der Waals surface area contributed by atoms with Gasteiger partial charge in [-0.25, -0.2) is 0 Å². The Morgan fingerprint density at radius 2 is 2.08 bits per heavy atom. The van der Waals surface area contributed by atoms with E-state index >= 15 is 0 Å². The molecule has 1 heterocycles. The van der Waals surface area contributed by atoms with Crippen molar-refractivity contribution >= 4 is 5.91 Å². The normalized spacial score (nSPS) is 47.0. The molecule has 0 spiro atoms. The lowest BCUT2D eigenvalue weighted by molar-refractivity contribution is -0.134. The van der Waals surface area contributed by atoms with E-state index in [1.165, 1.54) is 19.3 Å². The van der Waals surface area contributed by atoms with E-state index in [0.29, 0.717) is 11.9 Å². The number of nitrogens with zero attached hydrogens (tertiary/aromatic N) is 1. The molecule has 3 fully saturated rings. The molecule has 3 nitrogen and oxygen atoms in total. The molecule has 3 aliphatic rings. The number of rotatable bonds is 1. The Labute approximate surface area is 78.3 Å². The van der Waals surface area contributed by atoms with Gasteiger partial charge in [-0.1, -0.05) is 0 Å². The molecule has 2 saturated carbocycles. The Kier molecular flexibility index (Phi) is 1.48. The van der Waals surface area contributed by atoms with Gasteiger partial charge < -0.3 is 10.6 Å². The minimum Gasteiger partial charge on any atom is -0.339 e. The predicted molar refractivity (Wildman–Crippen MR) is 48.9 cm³/mol. The molecule has 13 heavy (non-hydrogen) atoms. The standard InChI is InChI=1S/C10H16N2O/c11-9-4-8(9)10(13)12-5-6-1-2-7(12)3-6/h6-9H,1-5,11H2. The molecule has 0 aromatic rings. The van der Waals surface area contributed by atoms with Crippen LogP contribution in [0.4, 0.5) is 0 Å². The van der Waals surface area contributed by atoms with E-state index in [2.05, 4.69) is 4.90 Å². The quantitative estimate of drug-likeness (QED) is 0.632. The average molecular weight is 180 g/mol. The Bertz CT molecular complexity index is 253. The molecule has 1 aliphatic heterocycles. The topological polar surface area (TPSA) is 46.3 Å². The van der Waals surface area contributed by atoms with Gasteiger partial charge in [0.1, 0.15) is 0 Å². The maximum absolute atomic E-state index is 11.9. The molecule has 2 bridgehead atoms. The fourth-order valence-electron chi connectivity index (χ4n) is 2.91. The molecule has 1 saturated heterocycles. The van der Waals surface area contributed by atoms with Crippen molar-refractivity contribution in [3.05, 3.63) is 0 Å². The number of carbonyl (C=O) groups excluding carboxylic acids is 1. The molecule has 72 valence electrons. The van der Waals surface area contributed by atoms with E-state index in [-0.39, 0.29) is 12.0 Å². The lowest BCUT2D eigenvalue weighted by Gasteiger charge is -2.27. The number of piperidine rings is 1. The van der Waals surface area contributed by atoms with Crippen LogP contribution >= 0.6 is 0 Å². The molecule has 1 amide bonds. The van der Waals surface area contributed by atoms with E-state index in [1.54, 1.807) is 0 Å². The zero-order valence-electron chi connectivity index (χ0n) is 7.78. The zero-order chi connectivity index (χ0) is 9.00. The summed E-state index contributed by atoms with van der Waals surface area (Å²) >= 11 is 0. The summed E-state index contributed by atoms with van der Waals surface area (Å²) in [5.41, 5.74) is 5.69. The van der Waals surface area contributed by atoms with Crippen LogP contribution in [-0.2, 0) is 4.79 Å². The smallest absolute Gasteiger partial charge is 0.227 e. The van der Waals surface area contributed by atoms with Gasteiger partial charge in [-0.15, -0.1) is 0 Å². The summed E-state index contributed by atoms with van der Waals surface area (Å²) in [6, 6.07) is 0.747. The van der Waals surface area contributed by atoms with Crippen molar-refractivity contribution < 1.29 is 4.79 Å². The maximum Gasteiger partial charge on any atom is 0.227 e.